The van der Waals surface area contributed by atoms with E-state index in [1.807, 2.05) is 13.8 Å². The molecule has 0 saturated heterocycles. The zero-order valence-electron chi connectivity index (χ0n) is 9.86. The predicted octanol–water partition coefficient (Wildman–Crippen LogP) is 0.313. The highest BCUT2D eigenvalue weighted by Gasteiger charge is 2.07. The van der Waals surface area contributed by atoms with Gasteiger partial charge in [0.1, 0.15) is 0 Å². The molecule has 0 bridgehead atoms. The Bertz CT molecular complexity index is 361. The molecular weight excluding hydrogens is 240 g/mol. The minimum Gasteiger partial charge on any atom is -0.369 e. The van der Waals surface area contributed by atoms with Crippen LogP contribution in [0.3, 0.4) is 0 Å². The van der Waals surface area contributed by atoms with Gasteiger partial charge in [-0.3, -0.25) is 4.79 Å². The van der Waals surface area contributed by atoms with Crippen molar-refractivity contribution in [3.8, 4) is 0 Å². The maximum Gasteiger partial charge on any atom is 0.228 e. The fraction of sp³-hybridized carbons (Fsp3) is 0.556. The van der Waals surface area contributed by atoms with Crippen LogP contribution >= 0.6 is 11.8 Å². The Hall–Kier alpha value is -1.57. The van der Waals surface area contributed by atoms with E-state index in [1.165, 1.54) is 11.8 Å². The molecule has 17 heavy (non-hydrogen) atoms. The number of nitrogens with two attached hydrogens (primary N) is 1. The lowest BCUT2D eigenvalue weighted by Gasteiger charge is -2.07. The molecule has 7 nitrogen and oxygen atoms in total. The molecule has 1 heterocycles. The van der Waals surface area contributed by atoms with Crippen molar-refractivity contribution in [1.82, 2.24) is 15.0 Å². The van der Waals surface area contributed by atoms with Crippen LogP contribution < -0.4 is 16.4 Å². The van der Waals surface area contributed by atoms with Gasteiger partial charge in [-0.1, -0.05) is 11.8 Å². The van der Waals surface area contributed by atoms with E-state index >= 15 is 0 Å². The third-order valence-electron chi connectivity index (χ3n) is 1.63. The van der Waals surface area contributed by atoms with Gasteiger partial charge in [-0.05, 0) is 13.8 Å². The SMILES string of the molecule is CCNc1nc(NCC)nc(SCC(N)=O)n1. The molecular formula is C9H16N6OS. The van der Waals surface area contributed by atoms with E-state index < -0.39 is 5.91 Å². The van der Waals surface area contributed by atoms with Gasteiger partial charge in [0.15, 0.2) is 5.16 Å². The Morgan fingerprint density at radius 3 is 2.12 bits per heavy atom. The fourth-order valence-corrected chi connectivity index (χ4v) is 1.60. The predicted molar refractivity (Wildman–Crippen MR) is 68.1 cm³/mol. The number of anilines is 2. The van der Waals surface area contributed by atoms with Crippen LogP contribution in [0.4, 0.5) is 11.9 Å². The van der Waals surface area contributed by atoms with Crippen molar-refractivity contribution in [3.63, 3.8) is 0 Å². The molecule has 0 saturated carbocycles. The molecule has 8 heteroatoms. The van der Waals surface area contributed by atoms with Crippen LogP contribution in [0, 0.1) is 0 Å². The number of carbonyl (C=O) groups is 1. The molecule has 0 aromatic carbocycles. The van der Waals surface area contributed by atoms with Gasteiger partial charge in [0.2, 0.25) is 17.8 Å². The summed E-state index contributed by atoms with van der Waals surface area (Å²) in [6.45, 7) is 5.34. The van der Waals surface area contributed by atoms with E-state index in [0.29, 0.717) is 17.1 Å². The van der Waals surface area contributed by atoms with Crippen molar-refractivity contribution in [3.05, 3.63) is 0 Å². The Morgan fingerprint density at radius 1 is 1.18 bits per heavy atom. The number of thioether (sulfide) groups is 1. The second-order valence-electron chi connectivity index (χ2n) is 3.08. The number of amides is 1. The van der Waals surface area contributed by atoms with Crippen LogP contribution in [0.1, 0.15) is 13.8 Å². The number of carbonyl (C=O) groups excluding carboxylic acids is 1. The zero-order valence-corrected chi connectivity index (χ0v) is 10.7. The van der Waals surface area contributed by atoms with Crippen molar-refractivity contribution in [2.75, 3.05) is 29.5 Å². The van der Waals surface area contributed by atoms with E-state index in [-0.39, 0.29) is 5.75 Å². The molecule has 4 N–H and O–H groups in total. The minimum atomic E-state index is -0.398. The molecule has 1 amide bonds. The lowest BCUT2D eigenvalue weighted by molar-refractivity contribution is -0.115. The summed E-state index contributed by atoms with van der Waals surface area (Å²) in [6.07, 6.45) is 0. The van der Waals surface area contributed by atoms with E-state index in [2.05, 4.69) is 25.6 Å². The van der Waals surface area contributed by atoms with Gasteiger partial charge in [-0.25, -0.2) is 0 Å². The highest BCUT2D eigenvalue weighted by molar-refractivity contribution is 7.99. The van der Waals surface area contributed by atoms with Gasteiger partial charge >= 0.3 is 0 Å². The van der Waals surface area contributed by atoms with Crippen molar-refractivity contribution in [2.45, 2.75) is 19.0 Å². The second-order valence-corrected chi connectivity index (χ2v) is 4.02. The number of primary amides is 1. The minimum absolute atomic E-state index is 0.154. The molecule has 0 aliphatic rings. The number of hydrogen-bond donors (Lipinski definition) is 3. The molecule has 0 radical (unpaired) electrons. The number of nitrogens with one attached hydrogen (secondary N) is 2. The quantitative estimate of drug-likeness (QED) is 0.603. The van der Waals surface area contributed by atoms with Gasteiger partial charge in [-0.2, -0.15) is 15.0 Å². The number of rotatable bonds is 7. The number of aromatic nitrogens is 3. The van der Waals surface area contributed by atoms with Crippen LogP contribution in [-0.2, 0) is 4.79 Å². The highest BCUT2D eigenvalue weighted by Crippen LogP contribution is 2.15. The fourth-order valence-electron chi connectivity index (χ4n) is 1.03. The van der Waals surface area contributed by atoms with Crippen LogP contribution in [0.15, 0.2) is 5.16 Å². The Labute approximate surface area is 104 Å². The first-order valence-electron chi connectivity index (χ1n) is 5.30. The van der Waals surface area contributed by atoms with Crippen LogP contribution in [-0.4, -0.2) is 39.7 Å². The average molecular weight is 256 g/mol. The number of hydrogen-bond acceptors (Lipinski definition) is 7. The summed E-state index contributed by atoms with van der Waals surface area (Å²) < 4.78 is 0. The van der Waals surface area contributed by atoms with Gasteiger partial charge in [0.25, 0.3) is 0 Å². The lowest BCUT2D eigenvalue weighted by Crippen LogP contribution is -2.14. The van der Waals surface area contributed by atoms with Crippen molar-refractivity contribution in [2.24, 2.45) is 5.73 Å². The average Bonchev–Trinajstić information content (AvgIpc) is 2.27. The summed E-state index contributed by atoms with van der Waals surface area (Å²) >= 11 is 1.19. The molecule has 0 fully saturated rings. The Balaban J connectivity index is 2.82. The summed E-state index contributed by atoms with van der Waals surface area (Å²) in [6, 6.07) is 0. The van der Waals surface area contributed by atoms with Crippen LogP contribution in [0.5, 0.6) is 0 Å². The number of nitrogens with zero attached hydrogens (tertiary/aromatic N) is 3. The highest BCUT2D eigenvalue weighted by atomic mass is 32.2. The summed E-state index contributed by atoms with van der Waals surface area (Å²) in [4.78, 5) is 23.2. The Morgan fingerprint density at radius 2 is 1.71 bits per heavy atom. The third kappa shape index (κ3) is 4.85. The van der Waals surface area contributed by atoms with Crippen LogP contribution in [0.25, 0.3) is 0 Å². The third-order valence-corrected chi connectivity index (χ3v) is 2.50. The molecule has 0 aliphatic heterocycles. The summed E-state index contributed by atoms with van der Waals surface area (Å²) in [7, 11) is 0. The Kier molecular flexibility index (Phi) is 5.47. The molecule has 0 unspecified atom stereocenters. The van der Waals surface area contributed by atoms with Gasteiger partial charge < -0.3 is 16.4 Å². The van der Waals surface area contributed by atoms with Gasteiger partial charge in [-0.15, -0.1) is 0 Å². The normalized spacial score (nSPS) is 10.0. The first kappa shape index (κ1) is 13.5. The summed E-state index contributed by atoms with van der Waals surface area (Å²) in [5, 5.41) is 6.48. The van der Waals surface area contributed by atoms with E-state index in [1.54, 1.807) is 0 Å². The second kappa shape index (κ2) is 6.89. The molecule has 0 spiro atoms. The molecule has 1 rings (SSSR count). The first-order chi connectivity index (χ1) is 8.15. The molecule has 1 aromatic rings. The topological polar surface area (TPSA) is 106 Å². The standard InChI is InChI=1S/C9H16N6OS/c1-3-11-7-13-8(12-4-2)15-9(14-7)17-5-6(10)16/h3-5H2,1-2H3,(H2,10,16)(H2,11,12,13,14,15). The molecule has 94 valence electrons. The molecule has 0 atom stereocenters. The summed E-state index contributed by atoms with van der Waals surface area (Å²) in [5.74, 6) is 0.738. The van der Waals surface area contributed by atoms with Crippen molar-refractivity contribution < 1.29 is 4.79 Å². The molecule has 1 aromatic heterocycles. The van der Waals surface area contributed by atoms with E-state index in [9.17, 15) is 4.79 Å². The van der Waals surface area contributed by atoms with Crippen molar-refractivity contribution in [1.29, 1.82) is 0 Å². The van der Waals surface area contributed by atoms with Gasteiger partial charge in [0.05, 0.1) is 5.75 Å². The zero-order chi connectivity index (χ0) is 12.7. The van der Waals surface area contributed by atoms with E-state index in [0.717, 1.165) is 13.1 Å². The smallest absolute Gasteiger partial charge is 0.228 e. The lowest BCUT2D eigenvalue weighted by atomic mass is 10.7. The van der Waals surface area contributed by atoms with Gasteiger partial charge in [0, 0.05) is 13.1 Å². The van der Waals surface area contributed by atoms with Crippen molar-refractivity contribution >= 4 is 29.6 Å². The maximum absolute atomic E-state index is 10.7. The monoisotopic (exact) mass is 256 g/mol. The summed E-state index contributed by atoms with van der Waals surface area (Å²) in [5.41, 5.74) is 5.07. The largest absolute Gasteiger partial charge is 0.369 e. The maximum atomic E-state index is 10.7. The molecule has 0 aliphatic carbocycles. The first-order valence-corrected chi connectivity index (χ1v) is 6.29. The van der Waals surface area contributed by atoms with Crippen LogP contribution in [0.2, 0.25) is 0 Å². The van der Waals surface area contributed by atoms with E-state index in [4.69, 9.17) is 5.73 Å².